The molecule has 4 rings (SSSR count). The summed E-state index contributed by atoms with van der Waals surface area (Å²) in [5.41, 5.74) is 2.25. The Kier molecular flexibility index (Phi) is 5.93. The first-order valence-electron chi connectivity index (χ1n) is 9.77. The second-order valence-electron chi connectivity index (χ2n) is 7.35. The Morgan fingerprint density at radius 3 is 2.34 bits per heavy atom. The van der Waals surface area contributed by atoms with E-state index in [0.29, 0.717) is 33.0 Å². The second kappa shape index (κ2) is 8.60. The first-order valence-corrected chi connectivity index (χ1v) is 10.5. The molecule has 0 spiro atoms. The molecule has 0 amide bonds. The number of carbonyl (C=O) groups is 1. The fraction of sp³-hybridized carbons (Fsp3) is 0.304. The van der Waals surface area contributed by atoms with Crippen LogP contribution in [0.4, 0.5) is 0 Å². The van der Waals surface area contributed by atoms with Crippen LogP contribution in [0.15, 0.2) is 47.0 Å². The number of hydrogen-bond donors (Lipinski definition) is 0. The molecule has 1 saturated carbocycles. The summed E-state index contributed by atoms with van der Waals surface area (Å²) in [5, 5.41) is 4.77. The van der Waals surface area contributed by atoms with Gasteiger partial charge in [0.25, 0.3) is 0 Å². The van der Waals surface area contributed by atoms with Gasteiger partial charge in [-0.15, -0.1) is 0 Å². The lowest BCUT2D eigenvalue weighted by Gasteiger charge is -2.22. The maximum atomic E-state index is 12.9. The highest BCUT2D eigenvalue weighted by atomic mass is 35.5. The van der Waals surface area contributed by atoms with Gasteiger partial charge in [0.15, 0.2) is 0 Å². The van der Waals surface area contributed by atoms with Gasteiger partial charge in [-0.2, -0.15) is 0 Å². The summed E-state index contributed by atoms with van der Waals surface area (Å²) >= 11 is 12.6. The van der Waals surface area contributed by atoms with Gasteiger partial charge in [-0.1, -0.05) is 65.8 Å². The van der Waals surface area contributed by atoms with E-state index in [1.807, 2.05) is 24.3 Å². The summed E-state index contributed by atoms with van der Waals surface area (Å²) in [4.78, 5) is 12.9. The zero-order valence-corrected chi connectivity index (χ0v) is 17.6. The lowest BCUT2D eigenvalue weighted by atomic mass is 9.84. The molecule has 2 aromatic carbocycles. The van der Waals surface area contributed by atoms with Crippen molar-refractivity contribution in [2.75, 3.05) is 0 Å². The number of ether oxygens (including phenoxy) is 1. The molecular weight excluding hydrogens is 409 g/mol. The van der Waals surface area contributed by atoms with E-state index in [1.165, 1.54) is 37.7 Å². The Hall–Kier alpha value is -2.30. The van der Waals surface area contributed by atoms with Crippen LogP contribution in [-0.4, -0.2) is 11.1 Å². The van der Waals surface area contributed by atoms with E-state index in [9.17, 15) is 4.79 Å². The van der Waals surface area contributed by atoms with E-state index in [-0.39, 0.29) is 11.3 Å². The number of aryl methyl sites for hydroxylation is 1. The largest absolute Gasteiger partial charge is 0.423 e. The predicted molar refractivity (Wildman–Crippen MR) is 114 cm³/mol. The molecule has 0 atom stereocenters. The Bertz CT molecular complexity index is 1000. The molecule has 6 heteroatoms. The zero-order valence-electron chi connectivity index (χ0n) is 16.1. The summed E-state index contributed by atoms with van der Waals surface area (Å²) in [6.45, 7) is 1.66. The summed E-state index contributed by atoms with van der Waals surface area (Å²) in [5.74, 6) is 0.870. The van der Waals surface area contributed by atoms with Crippen molar-refractivity contribution in [1.29, 1.82) is 0 Å². The van der Waals surface area contributed by atoms with Crippen LogP contribution in [0.5, 0.6) is 5.75 Å². The molecule has 1 aliphatic carbocycles. The van der Waals surface area contributed by atoms with E-state index in [0.717, 1.165) is 0 Å². The summed E-state index contributed by atoms with van der Waals surface area (Å²) < 4.78 is 10.8. The fourth-order valence-corrected chi connectivity index (χ4v) is 4.49. The number of aromatic nitrogens is 1. The molecule has 29 heavy (non-hydrogen) atoms. The van der Waals surface area contributed by atoms with Crippen molar-refractivity contribution in [1.82, 2.24) is 5.16 Å². The first kappa shape index (κ1) is 20.0. The van der Waals surface area contributed by atoms with Crippen molar-refractivity contribution in [2.45, 2.75) is 44.9 Å². The van der Waals surface area contributed by atoms with Gasteiger partial charge in [0.05, 0.1) is 10.0 Å². The Labute approximate surface area is 179 Å². The minimum absolute atomic E-state index is 0.219. The van der Waals surface area contributed by atoms with E-state index in [2.05, 4.69) is 5.16 Å². The summed E-state index contributed by atoms with van der Waals surface area (Å²) in [7, 11) is 0. The van der Waals surface area contributed by atoms with E-state index >= 15 is 0 Å². The molecule has 150 valence electrons. The van der Waals surface area contributed by atoms with E-state index in [1.54, 1.807) is 25.1 Å². The average molecular weight is 430 g/mol. The Morgan fingerprint density at radius 1 is 1.03 bits per heavy atom. The summed E-state index contributed by atoms with van der Waals surface area (Å²) in [6, 6.07) is 12.9. The lowest BCUT2D eigenvalue weighted by molar-refractivity contribution is 0.0733. The normalized spacial score (nSPS) is 14.7. The van der Waals surface area contributed by atoms with Crippen molar-refractivity contribution < 1.29 is 14.1 Å². The quantitative estimate of drug-likeness (QED) is 0.324. The van der Waals surface area contributed by atoms with Crippen molar-refractivity contribution in [3.05, 3.63) is 69.4 Å². The van der Waals surface area contributed by atoms with Gasteiger partial charge >= 0.3 is 5.97 Å². The van der Waals surface area contributed by atoms with E-state index < -0.39 is 5.97 Å². The van der Waals surface area contributed by atoms with Gasteiger partial charge < -0.3 is 9.26 Å². The van der Waals surface area contributed by atoms with Crippen LogP contribution in [0, 0.1) is 6.92 Å². The number of nitrogens with zero attached hydrogens (tertiary/aromatic N) is 1. The molecular formula is C23H21Cl2NO3. The predicted octanol–water partition coefficient (Wildman–Crippen LogP) is 7.22. The second-order valence-corrected chi connectivity index (χ2v) is 8.17. The van der Waals surface area contributed by atoms with Crippen LogP contribution < -0.4 is 4.74 Å². The highest BCUT2D eigenvalue weighted by Gasteiger charge is 2.26. The smallest absolute Gasteiger partial charge is 0.349 e. The molecule has 0 unspecified atom stereocenters. The number of halogens is 2. The molecule has 0 saturated heterocycles. The third-order valence-electron chi connectivity index (χ3n) is 5.43. The van der Waals surface area contributed by atoms with Crippen LogP contribution in [0.1, 0.15) is 59.7 Å². The number of rotatable bonds is 4. The molecule has 3 aromatic rings. The van der Waals surface area contributed by atoms with Crippen LogP contribution in [-0.2, 0) is 0 Å². The monoisotopic (exact) mass is 429 g/mol. The molecule has 1 heterocycles. The lowest BCUT2D eigenvalue weighted by Crippen LogP contribution is -2.11. The number of esters is 1. The SMILES string of the molecule is Cc1onc(-c2c(Cl)cccc2Cl)c1C(=O)Oc1ccc(C2CCCCC2)cc1. The minimum Gasteiger partial charge on any atom is -0.423 e. The maximum absolute atomic E-state index is 12.9. The fourth-order valence-electron chi connectivity index (χ4n) is 3.91. The van der Waals surface area contributed by atoms with Crippen molar-refractivity contribution in [3.63, 3.8) is 0 Å². The van der Waals surface area contributed by atoms with E-state index in [4.69, 9.17) is 32.5 Å². The molecule has 0 N–H and O–H groups in total. The Morgan fingerprint density at radius 2 is 1.69 bits per heavy atom. The van der Waals surface area contributed by atoms with Crippen LogP contribution in [0.2, 0.25) is 10.0 Å². The van der Waals surface area contributed by atoms with Crippen LogP contribution in [0.25, 0.3) is 11.3 Å². The van der Waals surface area contributed by atoms with Crippen molar-refractivity contribution in [2.24, 2.45) is 0 Å². The van der Waals surface area contributed by atoms with Gasteiger partial charge in [0.2, 0.25) is 0 Å². The maximum Gasteiger partial charge on any atom is 0.349 e. The first-order chi connectivity index (χ1) is 14.0. The van der Waals surface area contributed by atoms with Gasteiger partial charge in [0.1, 0.15) is 22.8 Å². The van der Waals surface area contributed by atoms with Gasteiger partial charge in [-0.05, 0) is 55.5 Å². The van der Waals surface area contributed by atoms with Crippen LogP contribution >= 0.6 is 23.2 Å². The standard InChI is InChI=1S/C23H21Cl2NO3/c1-14-20(22(26-29-14)21-18(24)8-5-9-19(21)25)23(27)28-17-12-10-16(11-13-17)15-6-3-2-4-7-15/h5,8-13,15H,2-4,6-7H2,1H3. The third kappa shape index (κ3) is 4.19. The molecule has 1 aromatic heterocycles. The highest BCUT2D eigenvalue weighted by molar-refractivity contribution is 6.39. The Balaban J connectivity index is 1.57. The molecule has 1 aliphatic rings. The van der Waals surface area contributed by atoms with Gasteiger partial charge in [0, 0.05) is 5.56 Å². The minimum atomic E-state index is -0.555. The van der Waals surface area contributed by atoms with Gasteiger partial charge in [-0.25, -0.2) is 4.79 Å². The molecule has 0 bridgehead atoms. The topological polar surface area (TPSA) is 52.3 Å². The van der Waals surface area contributed by atoms with Crippen molar-refractivity contribution >= 4 is 29.2 Å². The number of hydrogen-bond acceptors (Lipinski definition) is 4. The summed E-state index contributed by atoms with van der Waals surface area (Å²) in [6.07, 6.45) is 6.33. The van der Waals surface area contributed by atoms with Crippen LogP contribution in [0.3, 0.4) is 0 Å². The highest BCUT2D eigenvalue weighted by Crippen LogP contribution is 2.37. The third-order valence-corrected chi connectivity index (χ3v) is 6.06. The molecule has 4 nitrogen and oxygen atoms in total. The zero-order chi connectivity index (χ0) is 20.4. The molecule has 0 radical (unpaired) electrons. The van der Waals surface area contributed by atoms with Gasteiger partial charge in [-0.3, -0.25) is 0 Å². The molecule has 0 aliphatic heterocycles. The number of carbonyl (C=O) groups excluding carboxylic acids is 1. The molecule has 1 fully saturated rings. The average Bonchev–Trinajstić information content (AvgIpc) is 3.10. The van der Waals surface area contributed by atoms with Crippen molar-refractivity contribution in [3.8, 4) is 17.0 Å². The number of benzene rings is 2.